The van der Waals surface area contributed by atoms with Gasteiger partial charge in [-0.15, -0.1) is 11.6 Å². The summed E-state index contributed by atoms with van der Waals surface area (Å²) in [5.74, 6) is 0.782. The minimum absolute atomic E-state index is 0.211. The number of carbonyl (C=O) groups excluding carboxylic acids is 1. The van der Waals surface area contributed by atoms with Crippen molar-refractivity contribution in [1.29, 1.82) is 0 Å². The Balaban J connectivity index is 1.71. The highest BCUT2D eigenvalue weighted by atomic mass is 35.5. The van der Waals surface area contributed by atoms with Crippen molar-refractivity contribution in [2.45, 2.75) is 12.3 Å². The second-order valence-electron chi connectivity index (χ2n) is 4.73. The number of hydrogen-bond donors (Lipinski definition) is 1. The molecule has 1 aromatic carbocycles. The zero-order valence-electron chi connectivity index (χ0n) is 9.67. The summed E-state index contributed by atoms with van der Waals surface area (Å²) >= 11 is 5.31. The topological polar surface area (TPSA) is 64.7 Å². The van der Waals surface area contributed by atoms with Gasteiger partial charge in [0, 0.05) is 5.92 Å². The van der Waals surface area contributed by atoms with Gasteiger partial charge in [0.2, 0.25) is 0 Å². The highest BCUT2D eigenvalue weighted by Gasteiger charge is 2.57. The first-order chi connectivity index (χ1) is 8.72. The Morgan fingerprint density at radius 2 is 2.28 bits per heavy atom. The second-order valence-corrected chi connectivity index (χ2v) is 5.00. The minimum Gasteiger partial charge on any atom is -0.384 e. The number of rotatable bonds is 3. The predicted molar refractivity (Wildman–Crippen MR) is 68.3 cm³/mol. The van der Waals surface area contributed by atoms with Crippen LogP contribution in [0.1, 0.15) is 17.0 Å². The van der Waals surface area contributed by atoms with Crippen molar-refractivity contribution in [1.82, 2.24) is 0 Å². The molecule has 0 aliphatic heterocycles. The summed E-state index contributed by atoms with van der Waals surface area (Å²) < 4.78 is 0. The van der Waals surface area contributed by atoms with Crippen LogP contribution in [-0.2, 0) is 16.1 Å². The van der Waals surface area contributed by atoms with E-state index < -0.39 is 5.97 Å². The summed E-state index contributed by atoms with van der Waals surface area (Å²) in [4.78, 5) is 15.5. The van der Waals surface area contributed by atoms with Gasteiger partial charge >= 0.3 is 5.97 Å². The maximum absolute atomic E-state index is 10.9. The van der Waals surface area contributed by atoms with E-state index in [0.717, 1.165) is 6.42 Å². The molecule has 0 radical (unpaired) electrons. The highest BCUT2D eigenvalue weighted by molar-refractivity contribution is 6.26. The third-order valence-electron chi connectivity index (χ3n) is 3.74. The van der Waals surface area contributed by atoms with Crippen LogP contribution in [0.2, 0.25) is 0 Å². The van der Waals surface area contributed by atoms with E-state index in [2.05, 4.69) is 28.2 Å². The number of alkyl halides is 1. The van der Waals surface area contributed by atoms with Gasteiger partial charge in [-0.05, 0) is 29.4 Å². The van der Waals surface area contributed by atoms with Gasteiger partial charge in [-0.25, -0.2) is 4.79 Å². The molecule has 3 atom stereocenters. The van der Waals surface area contributed by atoms with Crippen molar-refractivity contribution in [2.75, 3.05) is 5.88 Å². The molecule has 0 heterocycles. The van der Waals surface area contributed by atoms with Crippen LogP contribution < -0.4 is 5.73 Å². The number of fused-ring (bicyclic) bond motifs is 3. The summed E-state index contributed by atoms with van der Waals surface area (Å²) in [5, 5.41) is 3.67. The predicted octanol–water partition coefficient (Wildman–Crippen LogP) is 1.63. The lowest BCUT2D eigenvalue weighted by Gasteiger charge is -2.06. The zero-order valence-corrected chi connectivity index (χ0v) is 10.4. The fourth-order valence-electron chi connectivity index (χ4n) is 2.94. The van der Waals surface area contributed by atoms with E-state index >= 15 is 0 Å². The highest BCUT2D eigenvalue weighted by Crippen LogP contribution is 2.61. The quantitative estimate of drug-likeness (QED) is 0.297. The lowest BCUT2D eigenvalue weighted by molar-refractivity contribution is -0.140. The van der Waals surface area contributed by atoms with Gasteiger partial charge in [0.25, 0.3) is 0 Å². The van der Waals surface area contributed by atoms with Crippen molar-refractivity contribution >= 4 is 23.4 Å². The molecular weight excluding hydrogens is 252 g/mol. The molecule has 1 saturated carbocycles. The molecule has 0 amide bonds. The van der Waals surface area contributed by atoms with Crippen LogP contribution in [0.25, 0.3) is 0 Å². The standard InChI is InChI=1S/C13H13ClN2O2/c14-6-10(17)18-16-13(15)12-9-5-7-3-1-2-4-8(7)11(9)12/h1-4,9,11-12H,5-6H2,(H2,15,16)/t9-,11+,12+/m1/s1. The average molecular weight is 265 g/mol. The zero-order chi connectivity index (χ0) is 12.7. The monoisotopic (exact) mass is 264 g/mol. The maximum atomic E-state index is 10.9. The summed E-state index contributed by atoms with van der Waals surface area (Å²) in [7, 11) is 0. The van der Waals surface area contributed by atoms with Crippen LogP contribution in [0.3, 0.4) is 0 Å². The van der Waals surface area contributed by atoms with Crippen molar-refractivity contribution in [3.8, 4) is 0 Å². The van der Waals surface area contributed by atoms with Crippen LogP contribution in [0, 0.1) is 11.8 Å². The SMILES string of the molecule is N/C(=N/OC(=O)CCl)[C@H]1[C@@H]2Cc3ccccc3[C@@H]21. The average Bonchev–Trinajstić information content (AvgIpc) is 2.98. The molecule has 0 aromatic heterocycles. The second kappa shape index (κ2) is 4.28. The molecule has 4 nitrogen and oxygen atoms in total. The summed E-state index contributed by atoms with van der Waals surface area (Å²) in [5.41, 5.74) is 8.61. The normalized spacial score (nSPS) is 28.5. The van der Waals surface area contributed by atoms with Gasteiger partial charge in [-0.3, -0.25) is 0 Å². The number of hydrogen-bond acceptors (Lipinski definition) is 3. The summed E-state index contributed by atoms with van der Waals surface area (Å²) in [6.07, 6.45) is 1.03. The van der Waals surface area contributed by atoms with Crippen molar-refractivity contribution in [2.24, 2.45) is 22.7 Å². The molecule has 0 bridgehead atoms. The first kappa shape index (κ1) is 11.5. The van der Waals surface area contributed by atoms with Gasteiger partial charge in [0.15, 0.2) is 0 Å². The summed E-state index contributed by atoms with van der Waals surface area (Å²) in [6, 6.07) is 8.38. The fourth-order valence-corrected chi connectivity index (χ4v) is 2.99. The number of halogens is 1. The van der Waals surface area contributed by atoms with Crippen molar-refractivity contribution in [3.05, 3.63) is 35.4 Å². The van der Waals surface area contributed by atoms with Gasteiger partial charge in [-0.1, -0.05) is 29.4 Å². The number of benzene rings is 1. The molecule has 1 fully saturated rings. The smallest absolute Gasteiger partial charge is 0.349 e. The number of nitrogens with two attached hydrogens (primary N) is 1. The van der Waals surface area contributed by atoms with E-state index in [1.165, 1.54) is 11.1 Å². The van der Waals surface area contributed by atoms with Crippen LogP contribution in [-0.4, -0.2) is 17.7 Å². The molecule has 18 heavy (non-hydrogen) atoms. The van der Waals surface area contributed by atoms with Crippen LogP contribution in [0.5, 0.6) is 0 Å². The molecule has 2 aliphatic carbocycles. The van der Waals surface area contributed by atoms with E-state index in [-0.39, 0.29) is 11.8 Å². The van der Waals surface area contributed by atoms with Gasteiger partial charge in [0.05, 0.1) is 0 Å². The molecule has 0 spiro atoms. The Morgan fingerprint density at radius 3 is 3.06 bits per heavy atom. The number of nitrogens with zero attached hydrogens (tertiary/aromatic N) is 1. The third kappa shape index (κ3) is 1.77. The molecule has 3 rings (SSSR count). The fraction of sp³-hybridized carbons (Fsp3) is 0.385. The Hall–Kier alpha value is -1.55. The van der Waals surface area contributed by atoms with Crippen molar-refractivity contribution < 1.29 is 9.63 Å². The van der Waals surface area contributed by atoms with Gasteiger partial charge < -0.3 is 10.6 Å². The first-order valence-electron chi connectivity index (χ1n) is 5.89. The molecule has 94 valence electrons. The number of amidine groups is 1. The third-order valence-corrected chi connectivity index (χ3v) is 3.96. The number of oxime groups is 1. The van der Waals surface area contributed by atoms with Gasteiger partial charge in [0.1, 0.15) is 11.7 Å². The van der Waals surface area contributed by atoms with Crippen molar-refractivity contribution in [3.63, 3.8) is 0 Å². The van der Waals surface area contributed by atoms with E-state index in [4.69, 9.17) is 17.3 Å². The molecule has 2 aliphatic rings. The van der Waals surface area contributed by atoms with E-state index in [9.17, 15) is 4.79 Å². The lowest BCUT2D eigenvalue weighted by Crippen LogP contribution is -2.19. The van der Waals surface area contributed by atoms with E-state index in [1.54, 1.807) is 0 Å². The lowest BCUT2D eigenvalue weighted by atomic mass is 10.0. The Labute approximate surface area is 110 Å². The van der Waals surface area contributed by atoms with E-state index in [1.807, 2.05) is 6.07 Å². The largest absolute Gasteiger partial charge is 0.384 e. The van der Waals surface area contributed by atoms with Crippen LogP contribution >= 0.6 is 11.6 Å². The molecule has 0 saturated heterocycles. The molecular formula is C13H13ClN2O2. The Bertz CT molecular complexity index is 529. The minimum atomic E-state index is -0.578. The van der Waals surface area contributed by atoms with Crippen LogP contribution in [0.4, 0.5) is 0 Å². The van der Waals surface area contributed by atoms with Gasteiger partial charge in [-0.2, -0.15) is 0 Å². The molecule has 5 heteroatoms. The maximum Gasteiger partial charge on any atom is 0.349 e. The Kier molecular flexibility index (Phi) is 2.74. The summed E-state index contributed by atoms with van der Waals surface area (Å²) in [6.45, 7) is 0. The Morgan fingerprint density at radius 1 is 1.50 bits per heavy atom. The molecule has 2 N–H and O–H groups in total. The molecule has 1 aromatic rings. The van der Waals surface area contributed by atoms with E-state index in [0.29, 0.717) is 17.7 Å². The molecule has 0 unspecified atom stereocenters. The first-order valence-corrected chi connectivity index (χ1v) is 6.42. The number of carbonyl (C=O) groups is 1. The van der Waals surface area contributed by atoms with Crippen LogP contribution in [0.15, 0.2) is 29.4 Å².